The molecule has 1 unspecified atom stereocenters. The van der Waals surface area contributed by atoms with Crippen LogP contribution in [0, 0.1) is 0 Å². The van der Waals surface area contributed by atoms with Gasteiger partial charge in [-0.1, -0.05) is 0 Å². The molecule has 0 amide bonds. The molecule has 0 aromatic carbocycles. The van der Waals surface area contributed by atoms with Crippen molar-refractivity contribution in [1.82, 2.24) is 0 Å². The number of alkyl halides is 1. The number of rotatable bonds is 2. The Morgan fingerprint density at radius 1 is 1.82 bits per heavy atom. The molecule has 1 N–H and O–H groups in total. The van der Waals surface area contributed by atoms with Crippen molar-refractivity contribution in [3.8, 4) is 0 Å². The molecule has 3 nitrogen and oxygen atoms in total. The molecule has 0 aromatic heterocycles. The van der Waals surface area contributed by atoms with Crippen LogP contribution in [0.3, 0.4) is 0 Å². The minimum absolute atomic E-state index is 0.170. The standard InChI is InChI=1S/C7H12ClNO2/c1-7(2,10)5-4-11-6(3-8)9-5/h5,10H,3-4H2,1-2H3. The minimum Gasteiger partial charge on any atom is -0.478 e. The fraction of sp³-hybridized carbons (Fsp3) is 0.857. The monoisotopic (exact) mass is 177 g/mol. The molecule has 1 rings (SSSR count). The van der Waals surface area contributed by atoms with E-state index in [0.717, 1.165) is 0 Å². The van der Waals surface area contributed by atoms with E-state index in [1.165, 1.54) is 0 Å². The van der Waals surface area contributed by atoms with Gasteiger partial charge in [0.05, 0.1) is 11.5 Å². The maximum atomic E-state index is 9.50. The molecule has 1 atom stereocenters. The molecule has 0 bridgehead atoms. The predicted molar refractivity (Wildman–Crippen MR) is 44.2 cm³/mol. The first-order valence-corrected chi connectivity index (χ1v) is 4.05. The van der Waals surface area contributed by atoms with Crippen molar-refractivity contribution < 1.29 is 9.84 Å². The summed E-state index contributed by atoms with van der Waals surface area (Å²) in [5.41, 5.74) is -0.812. The summed E-state index contributed by atoms with van der Waals surface area (Å²) in [5, 5.41) is 9.50. The van der Waals surface area contributed by atoms with Crippen LogP contribution in [-0.2, 0) is 4.74 Å². The van der Waals surface area contributed by atoms with E-state index >= 15 is 0 Å². The SMILES string of the molecule is CC(C)(O)C1COC(CCl)=N1. The second-order valence-corrected chi connectivity index (χ2v) is 3.40. The Balaban J connectivity index is 2.59. The number of ether oxygens (including phenoxy) is 1. The van der Waals surface area contributed by atoms with E-state index in [4.69, 9.17) is 16.3 Å². The van der Waals surface area contributed by atoms with Crippen LogP contribution in [0.4, 0.5) is 0 Å². The average molecular weight is 178 g/mol. The van der Waals surface area contributed by atoms with Crippen LogP contribution in [0.25, 0.3) is 0 Å². The lowest BCUT2D eigenvalue weighted by molar-refractivity contribution is 0.0436. The van der Waals surface area contributed by atoms with Gasteiger partial charge in [0.2, 0.25) is 0 Å². The van der Waals surface area contributed by atoms with Crippen molar-refractivity contribution in [2.24, 2.45) is 4.99 Å². The van der Waals surface area contributed by atoms with Gasteiger partial charge in [-0.25, -0.2) is 4.99 Å². The largest absolute Gasteiger partial charge is 0.478 e. The summed E-state index contributed by atoms with van der Waals surface area (Å²) in [5.74, 6) is 0.811. The van der Waals surface area contributed by atoms with Crippen molar-refractivity contribution >= 4 is 17.5 Å². The second-order valence-electron chi connectivity index (χ2n) is 3.14. The number of hydrogen-bond donors (Lipinski definition) is 1. The normalized spacial score (nSPS) is 24.7. The van der Waals surface area contributed by atoms with Crippen molar-refractivity contribution in [3.05, 3.63) is 0 Å². The molecule has 11 heavy (non-hydrogen) atoms. The Labute approximate surface area is 71.0 Å². The fourth-order valence-electron chi connectivity index (χ4n) is 0.858. The molecule has 0 spiro atoms. The summed E-state index contributed by atoms with van der Waals surface area (Å²) in [7, 11) is 0. The molecule has 0 saturated heterocycles. The summed E-state index contributed by atoms with van der Waals surface area (Å²) < 4.78 is 5.10. The quantitative estimate of drug-likeness (QED) is 0.634. The van der Waals surface area contributed by atoms with Crippen molar-refractivity contribution in [3.63, 3.8) is 0 Å². The van der Waals surface area contributed by atoms with Crippen LogP contribution in [0.1, 0.15) is 13.8 Å². The summed E-state index contributed by atoms with van der Waals surface area (Å²) in [6.07, 6.45) is 0. The van der Waals surface area contributed by atoms with E-state index in [9.17, 15) is 5.11 Å². The Kier molecular flexibility index (Phi) is 2.40. The number of hydrogen-bond acceptors (Lipinski definition) is 3. The molecule has 0 radical (unpaired) electrons. The van der Waals surface area contributed by atoms with Gasteiger partial charge in [-0.15, -0.1) is 11.6 Å². The zero-order chi connectivity index (χ0) is 8.48. The van der Waals surface area contributed by atoms with Gasteiger partial charge in [0.25, 0.3) is 0 Å². The molecule has 0 saturated carbocycles. The average Bonchev–Trinajstić information content (AvgIpc) is 2.32. The van der Waals surface area contributed by atoms with E-state index in [-0.39, 0.29) is 11.9 Å². The van der Waals surface area contributed by atoms with Gasteiger partial charge in [-0.05, 0) is 13.8 Å². The molecular formula is C7H12ClNO2. The highest BCUT2D eigenvalue weighted by Crippen LogP contribution is 2.17. The lowest BCUT2D eigenvalue weighted by Gasteiger charge is -2.20. The van der Waals surface area contributed by atoms with Gasteiger partial charge in [-0.2, -0.15) is 0 Å². The van der Waals surface area contributed by atoms with E-state index in [1.807, 2.05) is 0 Å². The highest BCUT2D eigenvalue weighted by Gasteiger charge is 2.31. The lowest BCUT2D eigenvalue weighted by Crippen LogP contribution is -2.35. The highest BCUT2D eigenvalue weighted by atomic mass is 35.5. The smallest absolute Gasteiger partial charge is 0.199 e. The van der Waals surface area contributed by atoms with Gasteiger partial charge >= 0.3 is 0 Å². The molecular weight excluding hydrogens is 166 g/mol. The molecule has 0 aliphatic carbocycles. The zero-order valence-electron chi connectivity index (χ0n) is 6.67. The predicted octanol–water partition coefficient (Wildman–Crippen LogP) is 0.793. The first kappa shape index (κ1) is 8.81. The number of nitrogens with zero attached hydrogens (tertiary/aromatic N) is 1. The van der Waals surface area contributed by atoms with Crippen LogP contribution in [0.2, 0.25) is 0 Å². The summed E-state index contributed by atoms with van der Waals surface area (Å²) in [6.45, 7) is 3.86. The van der Waals surface area contributed by atoms with E-state index in [0.29, 0.717) is 12.5 Å². The van der Waals surface area contributed by atoms with Crippen LogP contribution >= 0.6 is 11.6 Å². The topological polar surface area (TPSA) is 41.8 Å². The van der Waals surface area contributed by atoms with Crippen molar-refractivity contribution in [1.29, 1.82) is 0 Å². The number of aliphatic hydroxyl groups is 1. The molecule has 1 heterocycles. The highest BCUT2D eigenvalue weighted by molar-refractivity contribution is 6.27. The van der Waals surface area contributed by atoms with Crippen LogP contribution < -0.4 is 0 Å². The third-order valence-corrected chi connectivity index (χ3v) is 1.87. The van der Waals surface area contributed by atoms with Gasteiger partial charge in [-0.3, -0.25) is 0 Å². The fourth-order valence-corrected chi connectivity index (χ4v) is 1.00. The van der Waals surface area contributed by atoms with E-state index < -0.39 is 5.60 Å². The Morgan fingerprint density at radius 2 is 2.45 bits per heavy atom. The summed E-state index contributed by atoms with van der Waals surface area (Å²) >= 11 is 5.49. The number of halogens is 1. The zero-order valence-corrected chi connectivity index (χ0v) is 7.43. The van der Waals surface area contributed by atoms with Gasteiger partial charge in [0.15, 0.2) is 5.90 Å². The van der Waals surface area contributed by atoms with Crippen LogP contribution in [-0.4, -0.2) is 35.1 Å². The molecule has 1 aliphatic heterocycles. The molecule has 0 fully saturated rings. The molecule has 1 aliphatic rings. The van der Waals surface area contributed by atoms with Gasteiger partial charge in [0, 0.05) is 0 Å². The Morgan fingerprint density at radius 3 is 2.73 bits per heavy atom. The van der Waals surface area contributed by atoms with Crippen molar-refractivity contribution in [2.45, 2.75) is 25.5 Å². The van der Waals surface area contributed by atoms with Crippen LogP contribution in [0.15, 0.2) is 4.99 Å². The van der Waals surface area contributed by atoms with E-state index in [1.54, 1.807) is 13.8 Å². The Hall–Kier alpha value is -0.280. The Bertz CT molecular complexity index is 174. The summed E-state index contributed by atoms with van der Waals surface area (Å²) in [4.78, 5) is 4.09. The molecule has 0 aromatic rings. The molecule has 64 valence electrons. The first-order chi connectivity index (χ1) is 5.04. The maximum Gasteiger partial charge on any atom is 0.199 e. The lowest BCUT2D eigenvalue weighted by atomic mass is 10.0. The van der Waals surface area contributed by atoms with Crippen LogP contribution in [0.5, 0.6) is 0 Å². The van der Waals surface area contributed by atoms with Crippen molar-refractivity contribution in [2.75, 3.05) is 12.5 Å². The van der Waals surface area contributed by atoms with E-state index in [2.05, 4.69) is 4.99 Å². The third kappa shape index (κ3) is 2.07. The third-order valence-electron chi connectivity index (χ3n) is 1.64. The maximum absolute atomic E-state index is 9.50. The molecule has 4 heteroatoms. The number of aliphatic imine (C=N–C) groups is 1. The minimum atomic E-state index is -0.812. The first-order valence-electron chi connectivity index (χ1n) is 3.52. The second kappa shape index (κ2) is 2.99. The summed E-state index contributed by atoms with van der Waals surface area (Å²) in [6, 6.07) is -0.170. The van der Waals surface area contributed by atoms with Gasteiger partial charge in [0.1, 0.15) is 12.6 Å². The van der Waals surface area contributed by atoms with Gasteiger partial charge < -0.3 is 9.84 Å².